The number of carbonyl (C=O) groups is 1. The predicted molar refractivity (Wildman–Crippen MR) is 76.3 cm³/mol. The van der Waals surface area contributed by atoms with Crippen LogP contribution in [0.4, 0.5) is 0 Å². The first-order valence-electron chi connectivity index (χ1n) is 6.72. The number of carbonyl (C=O) groups excluding carboxylic acids is 1. The van der Waals surface area contributed by atoms with E-state index in [1.165, 1.54) is 12.1 Å². The summed E-state index contributed by atoms with van der Waals surface area (Å²) in [5.74, 6) is 0.526. The van der Waals surface area contributed by atoms with Crippen molar-refractivity contribution in [3.63, 3.8) is 0 Å². The number of sulfonamides is 1. The van der Waals surface area contributed by atoms with Crippen LogP contribution in [0.2, 0.25) is 0 Å². The lowest BCUT2D eigenvalue weighted by Crippen LogP contribution is -2.32. The maximum Gasteiger partial charge on any atom is 0.238 e. The van der Waals surface area contributed by atoms with E-state index in [1.807, 2.05) is 13.8 Å². The van der Waals surface area contributed by atoms with Crippen LogP contribution in [-0.2, 0) is 14.8 Å². The van der Waals surface area contributed by atoms with Crippen LogP contribution in [0.15, 0.2) is 29.2 Å². The molecule has 1 aromatic rings. The van der Waals surface area contributed by atoms with E-state index in [0.717, 1.165) is 18.4 Å². The lowest BCUT2D eigenvalue weighted by atomic mass is 10.0. The maximum absolute atomic E-state index is 12.0. The van der Waals surface area contributed by atoms with E-state index in [4.69, 9.17) is 5.14 Å². The Labute approximate surface area is 119 Å². The quantitative estimate of drug-likeness (QED) is 0.864. The number of amides is 1. The van der Waals surface area contributed by atoms with Gasteiger partial charge in [-0.15, -0.1) is 0 Å². The fourth-order valence-electron chi connectivity index (χ4n) is 2.20. The van der Waals surface area contributed by atoms with Crippen molar-refractivity contribution in [2.75, 3.05) is 0 Å². The van der Waals surface area contributed by atoms with Gasteiger partial charge in [-0.05, 0) is 43.4 Å². The molecular formula is C14H20N2O3S. The lowest BCUT2D eigenvalue weighted by Gasteiger charge is -2.18. The smallest absolute Gasteiger partial charge is 0.238 e. The van der Waals surface area contributed by atoms with Crippen LogP contribution in [0.5, 0.6) is 0 Å². The second kappa shape index (κ2) is 5.54. The SMILES string of the molecule is C[C@@H](NC(=O)[C@H](C)C1CC1)c1cccc(S(N)(=O)=O)c1. The summed E-state index contributed by atoms with van der Waals surface area (Å²) in [6.45, 7) is 3.76. The van der Waals surface area contributed by atoms with Gasteiger partial charge in [-0.25, -0.2) is 13.6 Å². The van der Waals surface area contributed by atoms with E-state index in [2.05, 4.69) is 5.32 Å². The lowest BCUT2D eigenvalue weighted by molar-refractivity contribution is -0.125. The minimum Gasteiger partial charge on any atom is -0.349 e. The maximum atomic E-state index is 12.0. The molecule has 0 unspecified atom stereocenters. The van der Waals surface area contributed by atoms with Crippen molar-refractivity contribution in [2.45, 2.75) is 37.6 Å². The molecule has 0 saturated heterocycles. The molecule has 5 nitrogen and oxygen atoms in total. The normalized spacial score (nSPS) is 18.4. The van der Waals surface area contributed by atoms with Crippen molar-refractivity contribution >= 4 is 15.9 Å². The second-order valence-electron chi connectivity index (χ2n) is 5.47. The highest BCUT2D eigenvalue weighted by molar-refractivity contribution is 7.89. The number of nitrogens with two attached hydrogens (primary N) is 1. The van der Waals surface area contributed by atoms with E-state index in [-0.39, 0.29) is 22.8 Å². The third-order valence-electron chi connectivity index (χ3n) is 3.79. The van der Waals surface area contributed by atoms with Crippen molar-refractivity contribution in [3.05, 3.63) is 29.8 Å². The van der Waals surface area contributed by atoms with Gasteiger partial charge in [0.2, 0.25) is 15.9 Å². The summed E-state index contributed by atoms with van der Waals surface area (Å²) in [5.41, 5.74) is 0.730. The van der Waals surface area contributed by atoms with Crippen molar-refractivity contribution in [1.29, 1.82) is 0 Å². The molecule has 6 heteroatoms. The summed E-state index contributed by atoms with van der Waals surface area (Å²) in [4.78, 5) is 12.1. The number of rotatable bonds is 5. The number of nitrogens with one attached hydrogen (secondary N) is 1. The molecule has 0 aliphatic heterocycles. The molecule has 0 bridgehead atoms. The molecule has 1 saturated carbocycles. The number of hydrogen-bond acceptors (Lipinski definition) is 3. The molecule has 2 rings (SSSR count). The Morgan fingerprint density at radius 1 is 1.35 bits per heavy atom. The molecule has 1 aliphatic rings. The van der Waals surface area contributed by atoms with Crippen LogP contribution in [0, 0.1) is 11.8 Å². The van der Waals surface area contributed by atoms with E-state index in [0.29, 0.717) is 5.92 Å². The van der Waals surface area contributed by atoms with Gasteiger partial charge in [0.15, 0.2) is 0 Å². The van der Waals surface area contributed by atoms with E-state index in [9.17, 15) is 13.2 Å². The largest absolute Gasteiger partial charge is 0.349 e. The molecule has 0 heterocycles. The van der Waals surface area contributed by atoms with Gasteiger partial charge in [0.05, 0.1) is 10.9 Å². The molecule has 0 spiro atoms. The molecule has 1 amide bonds. The fraction of sp³-hybridized carbons (Fsp3) is 0.500. The number of benzene rings is 1. The van der Waals surface area contributed by atoms with Gasteiger partial charge < -0.3 is 5.32 Å². The average Bonchev–Trinajstić information content (AvgIpc) is 3.21. The number of primary sulfonamides is 1. The Morgan fingerprint density at radius 3 is 2.55 bits per heavy atom. The molecule has 3 N–H and O–H groups in total. The molecule has 0 aromatic heterocycles. The summed E-state index contributed by atoms with van der Waals surface area (Å²) in [6.07, 6.45) is 2.23. The Balaban J connectivity index is 2.09. The predicted octanol–water partition coefficient (Wildman–Crippen LogP) is 1.56. The van der Waals surface area contributed by atoms with Crippen LogP contribution in [-0.4, -0.2) is 14.3 Å². The Hall–Kier alpha value is -1.40. The Kier molecular flexibility index (Phi) is 4.15. The Bertz CT molecular complexity index is 609. The molecule has 1 aromatic carbocycles. The molecule has 110 valence electrons. The topological polar surface area (TPSA) is 89.3 Å². The summed E-state index contributed by atoms with van der Waals surface area (Å²) in [5, 5.41) is 8.03. The molecule has 20 heavy (non-hydrogen) atoms. The van der Waals surface area contributed by atoms with Crippen LogP contribution in [0.1, 0.15) is 38.3 Å². The first-order valence-corrected chi connectivity index (χ1v) is 8.27. The summed E-state index contributed by atoms with van der Waals surface area (Å²) in [7, 11) is -3.72. The molecular weight excluding hydrogens is 276 g/mol. The molecule has 2 atom stereocenters. The van der Waals surface area contributed by atoms with Crippen molar-refractivity contribution in [3.8, 4) is 0 Å². The summed E-state index contributed by atoms with van der Waals surface area (Å²) in [6, 6.07) is 6.11. The monoisotopic (exact) mass is 296 g/mol. The zero-order valence-electron chi connectivity index (χ0n) is 11.7. The standard InChI is InChI=1S/C14H20N2O3S/c1-9(11-6-7-11)14(17)16-10(2)12-4-3-5-13(8-12)20(15,18)19/h3-5,8-11H,6-7H2,1-2H3,(H,16,17)(H2,15,18,19)/t9-,10-/m1/s1. The van der Waals surface area contributed by atoms with Crippen molar-refractivity contribution in [2.24, 2.45) is 17.0 Å². The van der Waals surface area contributed by atoms with Gasteiger partial charge in [0.1, 0.15) is 0 Å². The third-order valence-corrected chi connectivity index (χ3v) is 4.70. The highest BCUT2D eigenvalue weighted by Crippen LogP contribution is 2.36. The van der Waals surface area contributed by atoms with Gasteiger partial charge in [0.25, 0.3) is 0 Å². The van der Waals surface area contributed by atoms with Gasteiger partial charge in [-0.2, -0.15) is 0 Å². The van der Waals surface area contributed by atoms with Crippen LogP contribution >= 0.6 is 0 Å². The zero-order chi connectivity index (χ0) is 14.9. The minimum absolute atomic E-state index is 0.0128. The second-order valence-corrected chi connectivity index (χ2v) is 7.04. The van der Waals surface area contributed by atoms with Crippen LogP contribution in [0.25, 0.3) is 0 Å². The molecule has 1 fully saturated rings. The van der Waals surface area contributed by atoms with Gasteiger partial charge >= 0.3 is 0 Å². The van der Waals surface area contributed by atoms with Gasteiger partial charge in [-0.3, -0.25) is 4.79 Å². The zero-order valence-corrected chi connectivity index (χ0v) is 12.5. The molecule has 1 aliphatic carbocycles. The molecule has 0 radical (unpaired) electrons. The van der Waals surface area contributed by atoms with Gasteiger partial charge in [-0.1, -0.05) is 19.1 Å². The van der Waals surface area contributed by atoms with Crippen LogP contribution in [0.3, 0.4) is 0 Å². The third kappa shape index (κ3) is 3.58. The summed E-state index contributed by atoms with van der Waals surface area (Å²) >= 11 is 0. The minimum atomic E-state index is -3.72. The van der Waals surface area contributed by atoms with Gasteiger partial charge in [0, 0.05) is 5.92 Å². The first-order chi connectivity index (χ1) is 9.29. The first kappa shape index (κ1) is 15.0. The fourth-order valence-corrected chi connectivity index (χ4v) is 2.77. The van der Waals surface area contributed by atoms with E-state index < -0.39 is 10.0 Å². The van der Waals surface area contributed by atoms with Crippen molar-refractivity contribution < 1.29 is 13.2 Å². The van der Waals surface area contributed by atoms with E-state index in [1.54, 1.807) is 12.1 Å². The van der Waals surface area contributed by atoms with Crippen LogP contribution < -0.4 is 10.5 Å². The van der Waals surface area contributed by atoms with Crippen molar-refractivity contribution in [1.82, 2.24) is 5.32 Å². The summed E-state index contributed by atoms with van der Waals surface area (Å²) < 4.78 is 22.7. The van der Waals surface area contributed by atoms with E-state index >= 15 is 0 Å². The average molecular weight is 296 g/mol. The highest BCUT2D eigenvalue weighted by atomic mass is 32.2. The Morgan fingerprint density at radius 2 is 2.00 bits per heavy atom. The highest BCUT2D eigenvalue weighted by Gasteiger charge is 2.33. The number of hydrogen-bond donors (Lipinski definition) is 2.